The van der Waals surface area contributed by atoms with Gasteiger partial charge in [-0.3, -0.25) is 5.41 Å². The van der Waals surface area contributed by atoms with E-state index in [0.717, 1.165) is 5.75 Å². The molecular weight excluding hydrogens is 276 g/mol. The van der Waals surface area contributed by atoms with Crippen LogP contribution in [0.25, 0.3) is 0 Å². The van der Waals surface area contributed by atoms with Crippen molar-refractivity contribution in [1.29, 1.82) is 5.41 Å². The standard InChI is InChI=1S/C15H15ClN2O2/c1-2-19-10-4-3-5-11(8-10)20-12-6-7-13(15(17)18)14(16)9-12/h3-9H,2H2,1H3,(H3,17,18). The second-order valence-corrected chi connectivity index (χ2v) is 4.47. The van der Waals surface area contributed by atoms with Crippen LogP contribution in [-0.2, 0) is 0 Å². The SMILES string of the molecule is CCOc1cccc(Oc2ccc(C(=N)N)c(Cl)c2)c1. The molecule has 0 amide bonds. The molecule has 0 radical (unpaired) electrons. The summed E-state index contributed by atoms with van der Waals surface area (Å²) in [5, 5.41) is 7.76. The Hall–Kier alpha value is -2.20. The van der Waals surface area contributed by atoms with Crippen molar-refractivity contribution < 1.29 is 9.47 Å². The summed E-state index contributed by atoms with van der Waals surface area (Å²) in [6.45, 7) is 2.52. The van der Waals surface area contributed by atoms with Crippen LogP contribution in [0.4, 0.5) is 0 Å². The van der Waals surface area contributed by atoms with E-state index < -0.39 is 0 Å². The molecule has 5 heteroatoms. The van der Waals surface area contributed by atoms with E-state index in [0.29, 0.717) is 28.7 Å². The van der Waals surface area contributed by atoms with Gasteiger partial charge in [0.1, 0.15) is 23.1 Å². The zero-order chi connectivity index (χ0) is 14.5. The average molecular weight is 291 g/mol. The van der Waals surface area contributed by atoms with E-state index in [2.05, 4.69) is 0 Å². The number of nitrogen functional groups attached to an aromatic ring is 1. The van der Waals surface area contributed by atoms with Gasteiger partial charge in [0.2, 0.25) is 0 Å². The van der Waals surface area contributed by atoms with Gasteiger partial charge in [0.15, 0.2) is 0 Å². The van der Waals surface area contributed by atoms with Gasteiger partial charge in [0.05, 0.1) is 11.6 Å². The molecule has 2 aromatic rings. The third-order valence-electron chi connectivity index (χ3n) is 2.58. The van der Waals surface area contributed by atoms with Gasteiger partial charge in [-0.05, 0) is 31.2 Å². The minimum absolute atomic E-state index is 0.0695. The van der Waals surface area contributed by atoms with Gasteiger partial charge in [0, 0.05) is 17.7 Å². The minimum Gasteiger partial charge on any atom is -0.494 e. The molecule has 0 aliphatic heterocycles. The first-order valence-corrected chi connectivity index (χ1v) is 6.52. The van der Waals surface area contributed by atoms with E-state index >= 15 is 0 Å². The first-order chi connectivity index (χ1) is 9.60. The molecule has 0 saturated carbocycles. The van der Waals surface area contributed by atoms with Gasteiger partial charge in [-0.2, -0.15) is 0 Å². The molecule has 0 fully saturated rings. The number of hydrogen-bond acceptors (Lipinski definition) is 3. The average Bonchev–Trinajstić information content (AvgIpc) is 2.39. The zero-order valence-corrected chi connectivity index (χ0v) is 11.8. The van der Waals surface area contributed by atoms with Crippen molar-refractivity contribution in [3.05, 3.63) is 53.1 Å². The van der Waals surface area contributed by atoms with Crippen molar-refractivity contribution in [2.75, 3.05) is 6.61 Å². The van der Waals surface area contributed by atoms with E-state index in [4.69, 9.17) is 32.2 Å². The van der Waals surface area contributed by atoms with Crippen LogP contribution in [0.1, 0.15) is 12.5 Å². The lowest BCUT2D eigenvalue weighted by atomic mass is 10.2. The maximum absolute atomic E-state index is 7.38. The topological polar surface area (TPSA) is 68.3 Å². The summed E-state index contributed by atoms with van der Waals surface area (Å²) in [7, 11) is 0. The van der Waals surface area contributed by atoms with Crippen LogP contribution in [-0.4, -0.2) is 12.4 Å². The predicted molar refractivity (Wildman–Crippen MR) is 80.2 cm³/mol. The van der Waals surface area contributed by atoms with E-state index in [-0.39, 0.29) is 5.84 Å². The minimum atomic E-state index is -0.0695. The van der Waals surface area contributed by atoms with Crippen molar-refractivity contribution in [1.82, 2.24) is 0 Å². The Morgan fingerprint density at radius 3 is 2.50 bits per heavy atom. The summed E-state index contributed by atoms with van der Waals surface area (Å²) in [6, 6.07) is 12.4. The largest absolute Gasteiger partial charge is 0.494 e. The lowest BCUT2D eigenvalue weighted by Gasteiger charge is -2.09. The first-order valence-electron chi connectivity index (χ1n) is 6.15. The highest BCUT2D eigenvalue weighted by molar-refractivity contribution is 6.34. The zero-order valence-electron chi connectivity index (χ0n) is 11.0. The molecular formula is C15H15ClN2O2. The molecule has 0 heterocycles. The number of ether oxygens (including phenoxy) is 2. The van der Waals surface area contributed by atoms with Crippen molar-refractivity contribution in [2.24, 2.45) is 5.73 Å². The number of nitrogens with two attached hydrogens (primary N) is 1. The summed E-state index contributed by atoms with van der Waals surface area (Å²) in [5.41, 5.74) is 5.90. The van der Waals surface area contributed by atoms with Gasteiger partial charge in [-0.25, -0.2) is 0 Å². The second kappa shape index (κ2) is 6.30. The van der Waals surface area contributed by atoms with Crippen molar-refractivity contribution in [3.8, 4) is 17.2 Å². The van der Waals surface area contributed by atoms with Gasteiger partial charge >= 0.3 is 0 Å². The van der Waals surface area contributed by atoms with Crippen LogP contribution >= 0.6 is 11.6 Å². The molecule has 0 aromatic heterocycles. The highest BCUT2D eigenvalue weighted by Gasteiger charge is 2.06. The maximum Gasteiger partial charge on any atom is 0.131 e. The number of amidine groups is 1. The van der Waals surface area contributed by atoms with Crippen LogP contribution in [0.5, 0.6) is 17.2 Å². The second-order valence-electron chi connectivity index (χ2n) is 4.07. The Morgan fingerprint density at radius 1 is 1.15 bits per heavy atom. The Labute approximate surface area is 122 Å². The molecule has 3 N–H and O–H groups in total. The van der Waals surface area contributed by atoms with Gasteiger partial charge in [-0.1, -0.05) is 17.7 Å². The maximum atomic E-state index is 7.38. The molecule has 0 spiro atoms. The molecule has 0 bridgehead atoms. The van der Waals surface area contributed by atoms with E-state index in [1.54, 1.807) is 24.3 Å². The summed E-state index contributed by atoms with van der Waals surface area (Å²) < 4.78 is 11.1. The quantitative estimate of drug-likeness (QED) is 0.650. The van der Waals surface area contributed by atoms with Crippen LogP contribution < -0.4 is 15.2 Å². The number of rotatable bonds is 5. The molecule has 0 aliphatic carbocycles. The monoisotopic (exact) mass is 290 g/mol. The molecule has 104 valence electrons. The van der Waals surface area contributed by atoms with Crippen LogP contribution in [0.15, 0.2) is 42.5 Å². The smallest absolute Gasteiger partial charge is 0.131 e. The van der Waals surface area contributed by atoms with Crippen LogP contribution in [0.2, 0.25) is 5.02 Å². The van der Waals surface area contributed by atoms with Crippen molar-refractivity contribution in [2.45, 2.75) is 6.92 Å². The third-order valence-corrected chi connectivity index (χ3v) is 2.90. The van der Waals surface area contributed by atoms with Gasteiger partial charge in [-0.15, -0.1) is 0 Å². The van der Waals surface area contributed by atoms with E-state index in [1.165, 1.54) is 0 Å². The lowest BCUT2D eigenvalue weighted by Crippen LogP contribution is -2.11. The fourth-order valence-corrected chi connectivity index (χ4v) is 1.98. The fraction of sp³-hybridized carbons (Fsp3) is 0.133. The fourth-order valence-electron chi connectivity index (χ4n) is 1.71. The molecule has 2 rings (SSSR count). The Balaban J connectivity index is 2.19. The summed E-state index contributed by atoms with van der Waals surface area (Å²) in [4.78, 5) is 0. The van der Waals surface area contributed by atoms with Crippen molar-refractivity contribution >= 4 is 17.4 Å². The number of hydrogen-bond donors (Lipinski definition) is 2. The van der Waals surface area contributed by atoms with Crippen LogP contribution in [0.3, 0.4) is 0 Å². The van der Waals surface area contributed by atoms with Crippen molar-refractivity contribution in [3.63, 3.8) is 0 Å². The molecule has 2 aromatic carbocycles. The van der Waals surface area contributed by atoms with E-state index in [1.807, 2.05) is 25.1 Å². The Kier molecular flexibility index (Phi) is 4.48. The highest BCUT2D eigenvalue weighted by atomic mass is 35.5. The molecule has 4 nitrogen and oxygen atoms in total. The summed E-state index contributed by atoms with van der Waals surface area (Å²) >= 11 is 6.05. The molecule has 20 heavy (non-hydrogen) atoms. The number of halogens is 1. The van der Waals surface area contributed by atoms with Gasteiger partial charge < -0.3 is 15.2 Å². The first kappa shape index (κ1) is 14.2. The molecule has 0 atom stereocenters. The van der Waals surface area contributed by atoms with E-state index in [9.17, 15) is 0 Å². The Morgan fingerprint density at radius 2 is 1.85 bits per heavy atom. The molecule has 0 aliphatic rings. The number of nitrogens with one attached hydrogen (secondary N) is 1. The normalized spacial score (nSPS) is 10.1. The summed E-state index contributed by atoms with van der Waals surface area (Å²) in [6.07, 6.45) is 0. The van der Waals surface area contributed by atoms with Crippen LogP contribution in [0, 0.1) is 5.41 Å². The number of benzene rings is 2. The molecule has 0 saturated heterocycles. The third kappa shape index (κ3) is 3.42. The Bertz CT molecular complexity index is 629. The highest BCUT2D eigenvalue weighted by Crippen LogP contribution is 2.28. The molecule has 0 unspecified atom stereocenters. The predicted octanol–water partition coefficient (Wildman–Crippen LogP) is 3.82. The summed E-state index contributed by atoms with van der Waals surface area (Å²) in [5.74, 6) is 1.91. The lowest BCUT2D eigenvalue weighted by molar-refractivity contribution is 0.338. The van der Waals surface area contributed by atoms with Gasteiger partial charge in [0.25, 0.3) is 0 Å².